The third-order valence-electron chi connectivity index (χ3n) is 7.18. The Labute approximate surface area is 173 Å². The lowest BCUT2D eigenvalue weighted by atomic mass is 9.69. The van der Waals surface area contributed by atoms with Gasteiger partial charge >= 0.3 is 0 Å². The van der Waals surface area contributed by atoms with Crippen molar-refractivity contribution in [3.05, 3.63) is 72.8 Å². The molecule has 1 saturated heterocycles. The molecule has 3 aromatic rings. The Hall–Kier alpha value is -2.52. The van der Waals surface area contributed by atoms with Gasteiger partial charge in [-0.2, -0.15) is 0 Å². The van der Waals surface area contributed by atoms with Gasteiger partial charge in [0.05, 0.1) is 0 Å². The third-order valence-corrected chi connectivity index (χ3v) is 7.18. The molecule has 2 aliphatic rings. The van der Waals surface area contributed by atoms with Crippen LogP contribution in [0.5, 0.6) is 0 Å². The molecule has 2 fully saturated rings. The molecule has 1 aromatic carbocycles. The Morgan fingerprint density at radius 2 is 1.66 bits per heavy atom. The molecule has 0 amide bonds. The number of hydrogen-bond donors (Lipinski definition) is 1. The maximum atomic E-state index is 4.75. The fourth-order valence-corrected chi connectivity index (χ4v) is 5.52. The maximum absolute atomic E-state index is 4.75. The molecule has 1 saturated carbocycles. The predicted molar refractivity (Wildman–Crippen MR) is 118 cm³/mol. The smallest absolute Gasteiger partial charge is 0.0412 e. The molecule has 2 aromatic heterocycles. The van der Waals surface area contributed by atoms with E-state index in [9.17, 15) is 0 Å². The molecule has 5 rings (SSSR count). The minimum Gasteiger partial charge on any atom is -0.317 e. The van der Waals surface area contributed by atoms with Gasteiger partial charge in [-0.05, 0) is 97.0 Å². The molecule has 1 spiro atoms. The van der Waals surface area contributed by atoms with Gasteiger partial charge in [0, 0.05) is 24.3 Å². The highest BCUT2D eigenvalue weighted by Gasteiger charge is 2.43. The van der Waals surface area contributed by atoms with Crippen LogP contribution in [0.3, 0.4) is 0 Å². The quantitative estimate of drug-likeness (QED) is 0.644. The second-order valence-electron chi connectivity index (χ2n) is 8.76. The summed E-state index contributed by atoms with van der Waals surface area (Å²) in [4.78, 5) is 8.97. The topological polar surface area (TPSA) is 37.8 Å². The average molecular weight is 384 g/mol. The molecule has 1 N–H and O–H groups in total. The molecular formula is C26H29N3. The predicted octanol–water partition coefficient (Wildman–Crippen LogP) is 5.52. The van der Waals surface area contributed by atoms with E-state index in [1.165, 1.54) is 67.6 Å². The fourth-order valence-electron chi connectivity index (χ4n) is 5.52. The van der Waals surface area contributed by atoms with Crippen LogP contribution >= 0.6 is 0 Å². The van der Waals surface area contributed by atoms with Gasteiger partial charge in [0.25, 0.3) is 0 Å². The Morgan fingerprint density at radius 3 is 2.41 bits per heavy atom. The van der Waals surface area contributed by atoms with Crippen molar-refractivity contribution < 1.29 is 0 Å². The van der Waals surface area contributed by atoms with Crippen molar-refractivity contribution in [3.8, 4) is 22.3 Å². The minimum atomic E-state index is 0.564. The normalized spacial score (nSPS) is 20.8. The van der Waals surface area contributed by atoms with E-state index < -0.39 is 0 Å². The van der Waals surface area contributed by atoms with Crippen LogP contribution in [-0.2, 0) is 6.42 Å². The van der Waals surface area contributed by atoms with Crippen LogP contribution in [-0.4, -0.2) is 23.1 Å². The zero-order valence-electron chi connectivity index (χ0n) is 17.0. The number of nitrogens with zero attached hydrogens (tertiary/aromatic N) is 2. The van der Waals surface area contributed by atoms with E-state index in [1.807, 2.05) is 24.7 Å². The van der Waals surface area contributed by atoms with Crippen molar-refractivity contribution in [1.82, 2.24) is 15.3 Å². The lowest BCUT2D eigenvalue weighted by Gasteiger charge is -2.39. The number of benzene rings is 1. The Kier molecular flexibility index (Phi) is 5.15. The molecule has 3 heterocycles. The first-order valence-electron chi connectivity index (χ1n) is 11.0. The van der Waals surface area contributed by atoms with Gasteiger partial charge in [0.2, 0.25) is 0 Å². The van der Waals surface area contributed by atoms with Gasteiger partial charge < -0.3 is 5.32 Å². The Balaban J connectivity index is 1.35. The van der Waals surface area contributed by atoms with E-state index >= 15 is 0 Å². The zero-order chi connectivity index (χ0) is 19.5. The number of piperidine rings is 1. The Morgan fingerprint density at radius 1 is 0.862 bits per heavy atom. The highest BCUT2D eigenvalue weighted by molar-refractivity contribution is 5.70. The first-order chi connectivity index (χ1) is 14.3. The van der Waals surface area contributed by atoms with E-state index in [2.05, 4.69) is 52.8 Å². The van der Waals surface area contributed by atoms with Crippen LogP contribution in [0.1, 0.15) is 37.8 Å². The largest absolute Gasteiger partial charge is 0.317 e. The van der Waals surface area contributed by atoms with Gasteiger partial charge in [-0.15, -0.1) is 0 Å². The van der Waals surface area contributed by atoms with E-state index in [-0.39, 0.29) is 0 Å². The summed E-state index contributed by atoms with van der Waals surface area (Å²) in [6.07, 6.45) is 13.7. The summed E-state index contributed by atoms with van der Waals surface area (Å²) >= 11 is 0. The first-order valence-corrected chi connectivity index (χ1v) is 11.0. The summed E-state index contributed by atoms with van der Waals surface area (Å²) in [7, 11) is 0. The van der Waals surface area contributed by atoms with Crippen molar-refractivity contribution in [2.45, 2.75) is 38.5 Å². The molecule has 3 nitrogen and oxygen atoms in total. The number of rotatable bonds is 4. The van der Waals surface area contributed by atoms with Crippen molar-refractivity contribution in [2.75, 3.05) is 13.1 Å². The van der Waals surface area contributed by atoms with Crippen molar-refractivity contribution >= 4 is 0 Å². The van der Waals surface area contributed by atoms with Crippen LogP contribution in [0.2, 0.25) is 0 Å². The number of aromatic nitrogens is 2. The SMILES string of the molecule is c1cncc(-c2ccc(-c3ccnc(CC4CCCC45CCNCC5)c3)cc2)c1. The maximum Gasteiger partial charge on any atom is 0.0412 e. The molecular weight excluding hydrogens is 354 g/mol. The van der Waals surface area contributed by atoms with E-state index in [1.54, 1.807) is 0 Å². The van der Waals surface area contributed by atoms with Gasteiger partial charge in [-0.3, -0.25) is 9.97 Å². The van der Waals surface area contributed by atoms with Gasteiger partial charge in [0.1, 0.15) is 0 Å². The summed E-state index contributed by atoms with van der Waals surface area (Å²) in [5, 5.41) is 3.55. The molecule has 0 bridgehead atoms. The van der Waals surface area contributed by atoms with Crippen LogP contribution in [0.4, 0.5) is 0 Å². The van der Waals surface area contributed by atoms with Crippen LogP contribution < -0.4 is 5.32 Å². The lowest BCUT2D eigenvalue weighted by Crippen LogP contribution is -2.39. The van der Waals surface area contributed by atoms with Gasteiger partial charge in [-0.25, -0.2) is 0 Å². The molecule has 1 atom stereocenters. The third kappa shape index (κ3) is 3.84. The van der Waals surface area contributed by atoms with E-state index in [4.69, 9.17) is 4.98 Å². The summed E-state index contributed by atoms with van der Waals surface area (Å²) < 4.78 is 0. The number of pyridine rings is 2. The molecule has 0 radical (unpaired) electrons. The Bertz CT molecular complexity index is 943. The van der Waals surface area contributed by atoms with Crippen molar-refractivity contribution in [3.63, 3.8) is 0 Å². The number of nitrogens with one attached hydrogen (secondary N) is 1. The molecule has 1 aliphatic heterocycles. The lowest BCUT2D eigenvalue weighted by molar-refractivity contribution is 0.136. The standard InChI is InChI=1S/C26H29N3/c1-4-24(26(10-1)11-15-27-16-12-26)18-25-17-22(9-14-29-25)20-5-7-21(8-6-20)23-3-2-13-28-19-23/h2-3,5-9,13-14,17,19,24,27H,1,4,10-12,15-16,18H2. The van der Waals surface area contributed by atoms with Crippen LogP contribution in [0.25, 0.3) is 22.3 Å². The molecule has 1 aliphatic carbocycles. The summed E-state index contributed by atoms with van der Waals surface area (Å²) in [5.41, 5.74) is 6.70. The van der Waals surface area contributed by atoms with E-state index in [0.717, 1.165) is 17.9 Å². The highest BCUT2D eigenvalue weighted by Crippen LogP contribution is 2.50. The van der Waals surface area contributed by atoms with Crippen LogP contribution in [0, 0.1) is 11.3 Å². The fraction of sp³-hybridized carbons (Fsp3) is 0.385. The summed E-state index contributed by atoms with van der Waals surface area (Å²) in [6, 6.07) is 17.3. The summed E-state index contributed by atoms with van der Waals surface area (Å²) in [6.45, 7) is 2.38. The van der Waals surface area contributed by atoms with Crippen molar-refractivity contribution in [2.24, 2.45) is 11.3 Å². The second kappa shape index (κ2) is 8.08. The second-order valence-corrected chi connectivity index (χ2v) is 8.76. The number of hydrogen-bond acceptors (Lipinski definition) is 3. The molecule has 29 heavy (non-hydrogen) atoms. The molecule has 148 valence electrons. The van der Waals surface area contributed by atoms with Crippen LogP contribution in [0.15, 0.2) is 67.1 Å². The van der Waals surface area contributed by atoms with Gasteiger partial charge in [0.15, 0.2) is 0 Å². The molecule has 3 heteroatoms. The highest BCUT2D eigenvalue weighted by atomic mass is 14.9. The van der Waals surface area contributed by atoms with E-state index in [0.29, 0.717) is 5.41 Å². The van der Waals surface area contributed by atoms with Crippen molar-refractivity contribution in [1.29, 1.82) is 0 Å². The average Bonchev–Trinajstić information content (AvgIpc) is 3.16. The van der Waals surface area contributed by atoms with Gasteiger partial charge in [-0.1, -0.05) is 36.8 Å². The first kappa shape index (κ1) is 18.5. The zero-order valence-corrected chi connectivity index (χ0v) is 17.0. The monoisotopic (exact) mass is 383 g/mol. The minimum absolute atomic E-state index is 0.564. The molecule has 1 unspecified atom stereocenters. The summed E-state index contributed by atoms with van der Waals surface area (Å²) in [5.74, 6) is 0.792.